The molecule has 2 fully saturated rings. The number of piperidine rings is 1. The Morgan fingerprint density at radius 1 is 1.03 bits per heavy atom. The number of benzene rings is 2. The topological polar surface area (TPSA) is 73.8 Å². The van der Waals surface area contributed by atoms with Gasteiger partial charge in [0.25, 0.3) is 0 Å². The van der Waals surface area contributed by atoms with Crippen LogP contribution in [0.2, 0.25) is 0 Å². The van der Waals surface area contributed by atoms with Crippen LogP contribution >= 0.6 is 23.1 Å². The Hall–Kier alpha value is -2.14. The fraction of sp³-hybridized carbons (Fsp3) is 0.462. The summed E-state index contributed by atoms with van der Waals surface area (Å²) in [5.41, 5.74) is 3.53. The number of sulfonamides is 1. The second kappa shape index (κ2) is 10.3. The number of piperazine rings is 1. The van der Waals surface area contributed by atoms with Crippen molar-refractivity contribution in [2.45, 2.75) is 36.5 Å². The van der Waals surface area contributed by atoms with Crippen molar-refractivity contribution < 1.29 is 13.2 Å². The maximum atomic E-state index is 13.3. The second-order valence-corrected chi connectivity index (χ2v) is 13.3. The smallest absolute Gasteiger partial charge is 0.244 e. The molecule has 5 rings (SSSR count). The molecule has 1 amide bonds. The lowest BCUT2D eigenvalue weighted by Gasteiger charge is -2.38. The minimum Gasteiger partial charge on any atom is -0.345 e. The minimum atomic E-state index is -3.56. The highest BCUT2D eigenvalue weighted by atomic mass is 32.2. The highest BCUT2D eigenvalue weighted by Crippen LogP contribution is 2.33. The van der Waals surface area contributed by atoms with Crippen LogP contribution in [0.4, 0.5) is 5.13 Å². The zero-order valence-electron chi connectivity index (χ0n) is 20.9. The molecule has 2 aliphatic rings. The van der Waals surface area contributed by atoms with Crippen LogP contribution < -0.4 is 4.90 Å². The Kier molecular flexibility index (Phi) is 7.31. The number of aromatic nitrogens is 1. The summed E-state index contributed by atoms with van der Waals surface area (Å²) in [6.45, 7) is 7.87. The third-order valence-electron chi connectivity index (χ3n) is 7.16. The summed E-state index contributed by atoms with van der Waals surface area (Å²) >= 11 is 3.16. The number of rotatable bonds is 5. The van der Waals surface area contributed by atoms with Crippen molar-refractivity contribution in [2.24, 2.45) is 5.92 Å². The average molecular weight is 545 g/mol. The van der Waals surface area contributed by atoms with Crippen molar-refractivity contribution in [3.05, 3.63) is 47.5 Å². The summed E-state index contributed by atoms with van der Waals surface area (Å²) in [7, 11) is -3.56. The van der Waals surface area contributed by atoms with Gasteiger partial charge in [-0.3, -0.25) is 4.79 Å². The number of aryl methyl sites for hydroxylation is 2. The van der Waals surface area contributed by atoms with Crippen molar-refractivity contribution >= 4 is 54.4 Å². The first-order chi connectivity index (χ1) is 17.3. The molecule has 3 heterocycles. The molecule has 0 unspecified atom stereocenters. The van der Waals surface area contributed by atoms with Gasteiger partial charge >= 0.3 is 0 Å². The van der Waals surface area contributed by atoms with Gasteiger partial charge < -0.3 is 9.80 Å². The predicted octanol–water partition coefficient (Wildman–Crippen LogP) is 4.38. The van der Waals surface area contributed by atoms with E-state index in [0.29, 0.717) is 43.9 Å². The van der Waals surface area contributed by atoms with E-state index < -0.39 is 10.0 Å². The van der Waals surface area contributed by atoms with E-state index in [4.69, 9.17) is 4.98 Å². The highest BCUT2D eigenvalue weighted by molar-refractivity contribution is 7.99. The van der Waals surface area contributed by atoms with Gasteiger partial charge in [0.1, 0.15) is 0 Å². The first-order valence-corrected chi connectivity index (χ1v) is 15.8. The van der Waals surface area contributed by atoms with Crippen molar-refractivity contribution in [1.29, 1.82) is 0 Å². The van der Waals surface area contributed by atoms with E-state index in [2.05, 4.69) is 30.9 Å². The number of carbonyl (C=O) groups excluding carboxylic acids is 1. The first-order valence-electron chi connectivity index (χ1n) is 12.3. The summed E-state index contributed by atoms with van der Waals surface area (Å²) in [5.74, 6) is 0.0406. The number of hydrogen-bond donors (Lipinski definition) is 0. The molecule has 2 aromatic carbocycles. The van der Waals surface area contributed by atoms with Crippen LogP contribution in [0.25, 0.3) is 10.2 Å². The standard InChI is InChI=1S/C26H32N4O3S3/c1-18-16-19(2)24-21(17-18)27-26(35-24)29-14-12-28(13-15-29)25(31)20-8-10-30(11-9-20)36(32,33)23-7-5-4-6-22(23)34-3/h4-7,16-17,20H,8-15H2,1-3H3. The molecule has 1 aromatic heterocycles. The van der Waals surface area contributed by atoms with E-state index in [1.54, 1.807) is 27.8 Å². The summed E-state index contributed by atoms with van der Waals surface area (Å²) in [6, 6.07) is 11.5. The highest BCUT2D eigenvalue weighted by Gasteiger charge is 2.35. The van der Waals surface area contributed by atoms with E-state index in [-0.39, 0.29) is 11.8 Å². The summed E-state index contributed by atoms with van der Waals surface area (Å²) < 4.78 is 29.2. The number of thioether (sulfide) groups is 1. The molecule has 3 aromatic rings. The Labute approximate surface area is 221 Å². The normalized spacial score (nSPS) is 18.2. The third-order valence-corrected chi connectivity index (χ3v) is 11.3. The molecule has 192 valence electrons. The van der Waals surface area contributed by atoms with Crippen LogP contribution in [-0.2, 0) is 14.8 Å². The largest absolute Gasteiger partial charge is 0.345 e. The van der Waals surface area contributed by atoms with Crippen LogP contribution in [0.3, 0.4) is 0 Å². The van der Waals surface area contributed by atoms with E-state index >= 15 is 0 Å². The first kappa shape index (κ1) is 25.5. The van der Waals surface area contributed by atoms with Gasteiger partial charge in [-0.25, -0.2) is 13.4 Å². The fourth-order valence-corrected chi connectivity index (χ4v) is 8.85. The number of anilines is 1. The predicted molar refractivity (Wildman–Crippen MR) is 148 cm³/mol. The number of nitrogens with zero attached hydrogens (tertiary/aromatic N) is 4. The Balaban J connectivity index is 1.18. The van der Waals surface area contributed by atoms with Crippen molar-refractivity contribution in [2.75, 3.05) is 50.4 Å². The lowest BCUT2D eigenvalue weighted by molar-refractivity contribution is -0.137. The molecule has 0 spiro atoms. The summed E-state index contributed by atoms with van der Waals surface area (Å²) in [6.07, 6.45) is 3.02. The molecule has 0 aliphatic carbocycles. The van der Waals surface area contributed by atoms with E-state index in [9.17, 15) is 13.2 Å². The molecule has 2 saturated heterocycles. The van der Waals surface area contributed by atoms with Crippen LogP contribution in [0.1, 0.15) is 24.0 Å². The quantitative estimate of drug-likeness (QED) is 0.444. The minimum absolute atomic E-state index is 0.119. The van der Waals surface area contributed by atoms with E-state index in [0.717, 1.165) is 28.6 Å². The molecular weight excluding hydrogens is 513 g/mol. The maximum Gasteiger partial charge on any atom is 0.244 e. The van der Waals surface area contributed by atoms with Crippen molar-refractivity contribution in [3.63, 3.8) is 0 Å². The second-order valence-electron chi connectivity index (χ2n) is 9.57. The molecule has 0 radical (unpaired) electrons. The zero-order chi connectivity index (χ0) is 25.4. The number of hydrogen-bond acceptors (Lipinski definition) is 7. The number of fused-ring (bicyclic) bond motifs is 1. The average Bonchev–Trinajstić information content (AvgIpc) is 3.33. The number of carbonyl (C=O) groups is 1. The Bertz CT molecular complexity index is 1370. The van der Waals surface area contributed by atoms with Gasteiger partial charge in [0.05, 0.1) is 15.1 Å². The maximum absolute atomic E-state index is 13.3. The Morgan fingerprint density at radius 2 is 1.72 bits per heavy atom. The van der Waals surface area contributed by atoms with Gasteiger partial charge in [0.2, 0.25) is 15.9 Å². The molecule has 0 bridgehead atoms. The van der Waals surface area contributed by atoms with Crippen LogP contribution in [-0.4, -0.2) is 74.0 Å². The van der Waals surface area contributed by atoms with Crippen LogP contribution in [0.15, 0.2) is 46.2 Å². The summed E-state index contributed by atoms with van der Waals surface area (Å²) in [4.78, 5) is 23.5. The fourth-order valence-electron chi connectivity index (χ4n) is 5.19. The number of thiazole rings is 1. The van der Waals surface area contributed by atoms with Crippen molar-refractivity contribution in [1.82, 2.24) is 14.2 Å². The van der Waals surface area contributed by atoms with Crippen LogP contribution in [0.5, 0.6) is 0 Å². The zero-order valence-corrected chi connectivity index (χ0v) is 23.4. The third kappa shape index (κ3) is 4.88. The van der Waals surface area contributed by atoms with Gasteiger partial charge in [0, 0.05) is 50.1 Å². The molecule has 36 heavy (non-hydrogen) atoms. The Morgan fingerprint density at radius 3 is 2.42 bits per heavy atom. The van der Waals surface area contributed by atoms with Crippen LogP contribution in [0, 0.1) is 19.8 Å². The molecule has 0 saturated carbocycles. The van der Waals surface area contributed by atoms with E-state index in [1.807, 2.05) is 23.3 Å². The molecule has 10 heteroatoms. The molecule has 0 N–H and O–H groups in total. The van der Waals surface area contributed by atoms with Gasteiger partial charge in [-0.05, 0) is 62.3 Å². The lowest BCUT2D eigenvalue weighted by Crippen LogP contribution is -2.52. The number of amides is 1. The van der Waals surface area contributed by atoms with Gasteiger partial charge in [-0.15, -0.1) is 11.8 Å². The molecular formula is C26H32N4O3S3. The van der Waals surface area contributed by atoms with Crippen molar-refractivity contribution in [3.8, 4) is 0 Å². The summed E-state index contributed by atoms with van der Waals surface area (Å²) in [5, 5.41) is 1.02. The van der Waals surface area contributed by atoms with Gasteiger partial charge in [0.15, 0.2) is 5.13 Å². The lowest BCUT2D eigenvalue weighted by atomic mass is 9.96. The monoisotopic (exact) mass is 544 g/mol. The van der Waals surface area contributed by atoms with Gasteiger partial charge in [-0.2, -0.15) is 4.31 Å². The van der Waals surface area contributed by atoms with E-state index in [1.165, 1.54) is 27.6 Å². The van der Waals surface area contributed by atoms with Gasteiger partial charge in [-0.1, -0.05) is 29.5 Å². The molecule has 7 nitrogen and oxygen atoms in total. The molecule has 0 atom stereocenters. The SMILES string of the molecule is CSc1ccccc1S(=O)(=O)N1CCC(C(=O)N2CCN(c3nc4cc(C)cc(C)c4s3)CC2)CC1. The molecule has 2 aliphatic heterocycles.